The van der Waals surface area contributed by atoms with Gasteiger partial charge in [0.1, 0.15) is 27.0 Å². The number of carbonyl (C=O) groups is 1. The van der Waals surface area contributed by atoms with Crippen molar-refractivity contribution in [2.75, 3.05) is 40.2 Å². The van der Waals surface area contributed by atoms with Crippen molar-refractivity contribution in [3.05, 3.63) is 120 Å². The molecule has 0 bridgehead atoms. The number of hydrogen-bond acceptors (Lipinski definition) is 15. The van der Waals surface area contributed by atoms with Gasteiger partial charge < -0.3 is 35.1 Å². The fraction of sp³-hybridized carbons (Fsp3) is 0.283. The van der Waals surface area contributed by atoms with Crippen LogP contribution in [0.5, 0.6) is 17.2 Å². The third kappa shape index (κ3) is 10.7. The number of aliphatic hydroxyl groups excluding tert-OH is 1. The Hall–Kier alpha value is -6.69. The number of nitrogens with one attached hydrogen (secondary N) is 1. The van der Waals surface area contributed by atoms with Crippen LogP contribution in [0.3, 0.4) is 0 Å². The Morgan fingerprint density at radius 1 is 0.809 bits per heavy atom. The molecule has 5 N–H and O–H groups in total. The number of aromatic nitrogens is 5. The molecular weight excluding hydrogens is 935 g/mol. The van der Waals surface area contributed by atoms with Crippen LogP contribution >= 0.6 is 11.3 Å². The third-order valence-corrected chi connectivity index (χ3v) is 15.4. The van der Waals surface area contributed by atoms with Crippen molar-refractivity contribution < 1.29 is 46.1 Å². The molecule has 0 unspecified atom stereocenters. The number of nitrogens with two attached hydrogens (primary N) is 1. The number of amides is 1. The van der Waals surface area contributed by atoms with Crippen molar-refractivity contribution in [2.45, 2.75) is 61.8 Å². The minimum Gasteiger partial charge on any atom is -0.497 e. The molecular formula is C46H51N9O10S3. The minimum absolute atomic E-state index is 0.000155. The van der Waals surface area contributed by atoms with Gasteiger partial charge in [0.2, 0.25) is 20.0 Å². The van der Waals surface area contributed by atoms with E-state index in [2.05, 4.69) is 25.2 Å². The number of carboxylic acid groups (broad SMARTS) is 1. The molecule has 0 fully saturated rings. The monoisotopic (exact) mass is 985 g/mol. The van der Waals surface area contributed by atoms with Crippen molar-refractivity contribution in [1.29, 1.82) is 0 Å². The van der Waals surface area contributed by atoms with Gasteiger partial charge in [0.25, 0.3) is 0 Å². The largest absolute Gasteiger partial charge is 0.497 e. The molecule has 0 radical (unpaired) electrons. The highest BCUT2D eigenvalue weighted by atomic mass is 32.2. The summed E-state index contributed by atoms with van der Waals surface area (Å²) < 4.78 is 84.5. The van der Waals surface area contributed by atoms with Crippen LogP contribution in [0, 0.1) is 0 Å². The first-order valence-electron chi connectivity index (χ1n) is 21.0. The number of tetrazole rings is 1. The lowest BCUT2D eigenvalue weighted by Gasteiger charge is -2.35. The molecule has 68 heavy (non-hydrogen) atoms. The highest BCUT2D eigenvalue weighted by Crippen LogP contribution is 2.44. The fourth-order valence-electron chi connectivity index (χ4n) is 7.55. The van der Waals surface area contributed by atoms with Gasteiger partial charge in [-0.1, -0.05) is 65.9 Å². The summed E-state index contributed by atoms with van der Waals surface area (Å²) in [5.41, 5.74) is 7.79. The molecule has 5 aromatic carbocycles. The lowest BCUT2D eigenvalue weighted by atomic mass is 9.98. The number of benzene rings is 5. The molecule has 22 heteroatoms. The van der Waals surface area contributed by atoms with E-state index in [1.54, 1.807) is 112 Å². The Kier molecular flexibility index (Phi) is 14.7. The van der Waals surface area contributed by atoms with E-state index in [-0.39, 0.29) is 41.7 Å². The van der Waals surface area contributed by atoms with Gasteiger partial charge in [-0.25, -0.2) is 36.0 Å². The first-order chi connectivity index (χ1) is 32.4. The predicted molar refractivity (Wildman–Crippen MR) is 256 cm³/mol. The van der Waals surface area contributed by atoms with Gasteiger partial charge in [0.15, 0.2) is 11.0 Å². The molecule has 0 aliphatic carbocycles. The number of hydrogen-bond donors (Lipinski definition) is 4. The fourth-order valence-corrected chi connectivity index (χ4v) is 11.9. The molecule has 2 heterocycles. The average Bonchev–Trinajstić information content (AvgIpc) is 3.95. The number of fused-ring (bicyclic) bond motifs is 1. The van der Waals surface area contributed by atoms with Crippen LogP contribution in [-0.2, 0) is 39.7 Å². The van der Waals surface area contributed by atoms with E-state index in [0.717, 1.165) is 15.3 Å². The maximum absolute atomic E-state index is 16.2. The predicted octanol–water partition coefficient (Wildman–Crippen LogP) is 6.08. The first kappa shape index (κ1) is 49.2. The van der Waals surface area contributed by atoms with E-state index in [1.807, 2.05) is 0 Å². The lowest BCUT2D eigenvalue weighted by Crippen LogP contribution is -2.53. The zero-order chi connectivity index (χ0) is 49.0. The van der Waals surface area contributed by atoms with E-state index >= 15 is 16.8 Å². The quantitative estimate of drug-likeness (QED) is 0.0716. The van der Waals surface area contributed by atoms with Gasteiger partial charge in [0, 0.05) is 30.7 Å². The van der Waals surface area contributed by atoms with E-state index in [4.69, 9.17) is 19.9 Å². The molecule has 0 spiro atoms. The summed E-state index contributed by atoms with van der Waals surface area (Å²) in [5.74, 6) is 1.52. The Balaban J connectivity index is 1.54. The van der Waals surface area contributed by atoms with Gasteiger partial charge in [-0.05, 0) is 102 Å². The number of sulfonamides is 2. The summed E-state index contributed by atoms with van der Waals surface area (Å²) >= 11 is 1.21. The molecule has 0 aliphatic rings. The number of ether oxygens (including phenoxy) is 3. The normalized spacial score (nSPS) is 12.6. The van der Waals surface area contributed by atoms with Crippen LogP contribution in [0.25, 0.3) is 32.7 Å². The molecule has 7 rings (SSSR count). The molecule has 358 valence electrons. The van der Waals surface area contributed by atoms with Crippen LogP contribution in [-0.4, -0.2) is 114 Å². The second-order valence-electron chi connectivity index (χ2n) is 16.6. The second kappa shape index (κ2) is 20.3. The van der Waals surface area contributed by atoms with Crippen molar-refractivity contribution in [2.24, 2.45) is 0 Å². The summed E-state index contributed by atoms with van der Waals surface area (Å²) in [4.78, 5) is 16.6. The molecule has 0 saturated heterocycles. The number of nitrogens with zero attached hydrogens (tertiary/aromatic N) is 7. The average molecular weight is 986 g/mol. The number of rotatable bonds is 19. The van der Waals surface area contributed by atoms with Gasteiger partial charge in [0.05, 0.1) is 56.3 Å². The van der Waals surface area contributed by atoms with Crippen LogP contribution in [0.15, 0.2) is 113 Å². The molecule has 0 aliphatic heterocycles. The number of para-hydroxylation sites is 1. The lowest BCUT2D eigenvalue weighted by molar-refractivity contribution is 0.0878. The highest BCUT2D eigenvalue weighted by Gasteiger charge is 2.40. The van der Waals surface area contributed by atoms with E-state index in [1.165, 1.54) is 43.4 Å². The maximum atomic E-state index is 16.2. The van der Waals surface area contributed by atoms with Gasteiger partial charge in [-0.2, -0.15) is 4.31 Å². The molecule has 0 saturated carbocycles. The number of thiazole rings is 1. The summed E-state index contributed by atoms with van der Waals surface area (Å²) in [5, 5.41) is 33.7. The highest BCUT2D eigenvalue weighted by molar-refractivity contribution is 7.92. The van der Waals surface area contributed by atoms with Crippen molar-refractivity contribution >= 4 is 52.8 Å². The first-order valence-corrected chi connectivity index (χ1v) is 24.7. The summed E-state index contributed by atoms with van der Waals surface area (Å²) in [6, 6.07) is 27.0. The Morgan fingerprint density at radius 3 is 1.88 bits per heavy atom. The molecule has 1 atom stereocenters. The molecule has 19 nitrogen and oxygen atoms in total. The smallest absolute Gasteiger partial charge is 0.407 e. The summed E-state index contributed by atoms with van der Waals surface area (Å²) in [6.07, 6.45) is -1.36. The third-order valence-electron chi connectivity index (χ3n) is 11.0. The number of aliphatic hydroxyl groups is 1. The number of nitrogen functional groups attached to an aromatic ring is 1. The van der Waals surface area contributed by atoms with Crippen LogP contribution < -0.4 is 24.7 Å². The van der Waals surface area contributed by atoms with Crippen molar-refractivity contribution in [3.8, 4) is 39.8 Å². The number of anilines is 1. The van der Waals surface area contributed by atoms with Gasteiger partial charge in [-0.3, -0.25) is 0 Å². The van der Waals surface area contributed by atoms with E-state index < -0.39 is 60.7 Å². The van der Waals surface area contributed by atoms with Crippen LogP contribution in [0.1, 0.15) is 37.5 Å². The van der Waals surface area contributed by atoms with E-state index in [0.29, 0.717) is 49.7 Å². The molecule has 7 aromatic rings. The minimum atomic E-state index is -5.06. The maximum Gasteiger partial charge on any atom is 0.407 e. The van der Waals surface area contributed by atoms with Crippen LogP contribution in [0.2, 0.25) is 0 Å². The Bertz CT molecular complexity index is 3070. The summed E-state index contributed by atoms with van der Waals surface area (Å²) in [7, 11) is -5.54. The standard InChI is InChI=1S/C46H51N9O10S3/c1-46(2,3)54(45(57)58)27-32(28-56)50-67(59,60)39-23-22-36(37-8-7-9-38-41(37)48-44(47)66-38)40(43-49-51-52-55(43)26-31-14-20-35(65-6)21-15-31)42(39)68(61,62)53(24-29-10-16-33(63-4)17-11-29)25-30-12-18-34(64-5)19-13-30/h7-23,32,50,56H,24-28H2,1-6H3,(H2,47,48)(H,57,58)/t32-/m0/s1. The Morgan fingerprint density at radius 2 is 1.37 bits per heavy atom. The van der Waals surface area contributed by atoms with Crippen LogP contribution in [0.4, 0.5) is 9.93 Å². The molecule has 1 amide bonds. The molecule has 2 aromatic heterocycles. The van der Waals surface area contributed by atoms with Crippen molar-refractivity contribution in [3.63, 3.8) is 0 Å². The van der Waals surface area contributed by atoms with Gasteiger partial charge >= 0.3 is 6.09 Å². The van der Waals surface area contributed by atoms with E-state index in [9.17, 15) is 15.0 Å². The Labute approximate surface area is 397 Å². The zero-order valence-electron chi connectivity index (χ0n) is 38.0. The second-order valence-corrected chi connectivity index (χ2v) is 21.2. The van der Waals surface area contributed by atoms with Crippen molar-refractivity contribution in [1.82, 2.24) is 39.1 Å². The summed E-state index contributed by atoms with van der Waals surface area (Å²) in [6.45, 7) is 2.99. The topological polar surface area (TPSA) is 255 Å². The zero-order valence-corrected chi connectivity index (χ0v) is 40.5. The number of methoxy groups -OCH3 is 3. The van der Waals surface area contributed by atoms with Gasteiger partial charge in [-0.15, -0.1) is 5.10 Å². The SMILES string of the molecule is COc1ccc(CN(Cc2ccc(OC)cc2)S(=O)(=O)c2c(S(=O)(=O)N[C@H](CO)CN(C(=O)O)C(C)(C)C)ccc(-c3cccc4sc(N)nc34)c2-c2nnnn2Cc2ccc(OC)cc2)cc1.